The highest BCUT2D eigenvalue weighted by molar-refractivity contribution is 5.59. The van der Waals surface area contributed by atoms with E-state index in [1.807, 2.05) is 0 Å². The summed E-state index contributed by atoms with van der Waals surface area (Å²) >= 11 is 0. The minimum atomic E-state index is -0.383. The Labute approximate surface area is 110 Å². The lowest BCUT2D eigenvalue weighted by Gasteiger charge is -2.22. The van der Waals surface area contributed by atoms with E-state index in [0.29, 0.717) is 17.1 Å². The van der Waals surface area contributed by atoms with Crippen LogP contribution in [-0.4, -0.2) is 20.2 Å². The van der Waals surface area contributed by atoms with E-state index >= 15 is 0 Å². The van der Waals surface area contributed by atoms with Crippen molar-refractivity contribution in [2.45, 2.75) is 38.1 Å². The van der Waals surface area contributed by atoms with Gasteiger partial charge in [0.05, 0.1) is 11.6 Å². The molecule has 2 N–H and O–H groups in total. The van der Waals surface area contributed by atoms with Gasteiger partial charge in [-0.3, -0.25) is 0 Å². The maximum Gasteiger partial charge on any atom is 0.185 e. The number of halogens is 1. The van der Waals surface area contributed by atoms with Gasteiger partial charge in [-0.1, -0.05) is 19.3 Å². The molecular weight excluding hydrogens is 245 g/mol. The number of rotatable bonds is 2. The van der Waals surface area contributed by atoms with E-state index < -0.39 is 0 Å². The van der Waals surface area contributed by atoms with Crippen LogP contribution in [0.25, 0.3) is 11.4 Å². The first kappa shape index (κ1) is 12.1. The summed E-state index contributed by atoms with van der Waals surface area (Å²) in [6, 6.07) is 4.87. The predicted molar refractivity (Wildman–Crippen MR) is 69.7 cm³/mol. The molecule has 2 aromatic rings. The molecular formula is C13H16FN5. The summed E-state index contributed by atoms with van der Waals surface area (Å²) in [7, 11) is 0. The Balaban J connectivity index is 1.99. The number of hydrogen-bond donors (Lipinski definition) is 1. The minimum Gasteiger partial charge on any atom is -0.399 e. The summed E-state index contributed by atoms with van der Waals surface area (Å²) in [4.78, 5) is 0. The van der Waals surface area contributed by atoms with E-state index in [2.05, 4.69) is 15.5 Å². The van der Waals surface area contributed by atoms with Crippen LogP contribution in [0.1, 0.15) is 38.1 Å². The molecule has 0 atom stereocenters. The number of hydrogen-bond acceptors (Lipinski definition) is 4. The van der Waals surface area contributed by atoms with Crippen LogP contribution in [0.5, 0.6) is 0 Å². The second kappa shape index (κ2) is 4.95. The molecule has 6 heteroatoms. The third kappa shape index (κ3) is 2.30. The molecule has 100 valence electrons. The van der Waals surface area contributed by atoms with Gasteiger partial charge in [0.25, 0.3) is 0 Å². The molecule has 0 aliphatic heterocycles. The molecule has 1 fully saturated rings. The third-order valence-corrected chi connectivity index (χ3v) is 3.65. The van der Waals surface area contributed by atoms with Crippen LogP contribution in [0.2, 0.25) is 0 Å². The summed E-state index contributed by atoms with van der Waals surface area (Å²) < 4.78 is 15.7. The van der Waals surface area contributed by atoms with Crippen molar-refractivity contribution in [3.05, 3.63) is 24.0 Å². The zero-order valence-electron chi connectivity index (χ0n) is 10.6. The Kier molecular flexibility index (Phi) is 3.15. The quantitative estimate of drug-likeness (QED) is 0.843. The zero-order valence-corrected chi connectivity index (χ0v) is 10.6. The minimum absolute atomic E-state index is 0.274. The van der Waals surface area contributed by atoms with Crippen molar-refractivity contribution in [2.75, 3.05) is 5.73 Å². The molecule has 1 aromatic heterocycles. The van der Waals surface area contributed by atoms with Gasteiger partial charge in [0, 0.05) is 5.69 Å². The molecule has 1 aliphatic rings. The van der Waals surface area contributed by atoms with E-state index in [-0.39, 0.29) is 11.9 Å². The molecule has 0 amide bonds. The molecule has 1 heterocycles. The van der Waals surface area contributed by atoms with Gasteiger partial charge in [0.2, 0.25) is 0 Å². The summed E-state index contributed by atoms with van der Waals surface area (Å²) in [5.74, 6) is 0.108. The maximum absolute atomic E-state index is 14.0. The fourth-order valence-electron chi connectivity index (χ4n) is 2.66. The Morgan fingerprint density at radius 3 is 2.74 bits per heavy atom. The van der Waals surface area contributed by atoms with Crippen LogP contribution < -0.4 is 5.73 Å². The van der Waals surface area contributed by atoms with Crippen molar-refractivity contribution in [2.24, 2.45) is 0 Å². The summed E-state index contributed by atoms with van der Waals surface area (Å²) in [6.45, 7) is 0. The van der Waals surface area contributed by atoms with Crippen LogP contribution in [0.4, 0.5) is 10.1 Å². The molecule has 0 radical (unpaired) electrons. The molecule has 0 unspecified atom stereocenters. The van der Waals surface area contributed by atoms with Gasteiger partial charge in [-0.25, -0.2) is 9.07 Å². The highest BCUT2D eigenvalue weighted by Crippen LogP contribution is 2.31. The lowest BCUT2D eigenvalue weighted by Crippen LogP contribution is -2.15. The number of tetrazole rings is 1. The van der Waals surface area contributed by atoms with E-state index in [1.54, 1.807) is 16.8 Å². The fraction of sp³-hybridized carbons (Fsp3) is 0.462. The predicted octanol–water partition coefficient (Wildman–Crippen LogP) is 2.57. The topological polar surface area (TPSA) is 69.6 Å². The lowest BCUT2D eigenvalue weighted by atomic mass is 9.95. The number of nitrogens with zero attached hydrogens (tertiary/aromatic N) is 4. The van der Waals surface area contributed by atoms with E-state index in [4.69, 9.17) is 5.73 Å². The second-order valence-electron chi connectivity index (χ2n) is 4.98. The summed E-state index contributed by atoms with van der Waals surface area (Å²) in [5.41, 5.74) is 6.37. The maximum atomic E-state index is 14.0. The van der Waals surface area contributed by atoms with E-state index in [0.717, 1.165) is 12.8 Å². The van der Waals surface area contributed by atoms with Gasteiger partial charge in [0.15, 0.2) is 5.82 Å². The van der Waals surface area contributed by atoms with Crippen molar-refractivity contribution in [3.63, 3.8) is 0 Å². The van der Waals surface area contributed by atoms with Gasteiger partial charge >= 0.3 is 0 Å². The van der Waals surface area contributed by atoms with Crippen molar-refractivity contribution >= 4 is 5.69 Å². The van der Waals surface area contributed by atoms with Crippen LogP contribution in [0.15, 0.2) is 18.2 Å². The summed E-state index contributed by atoms with van der Waals surface area (Å²) in [5, 5.41) is 11.7. The second-order valence-corrected chi connectivity index (χ2v) is 4.98. The first-order valence-electron chi connectivity index (χ1n) is 6.59. The van der Waals surface area contributed by atoms with Gasteiger partial charge in [-0.15, -0.1) is 5.10 Å². The standard InChI is InChI=1S/C13H16FN5/c14-12-8-9(15)6-7-11(12)13-16-17-18-19(13)10-4-2-1-3-5-10/h6-8,10H,1-5,15H2. The first-order valence-corrected chi connectivity index (χ1v) is 6.59. The molecule has 1 saturated carbocycles. The van der Waals surface area contributed by atoms with Gasteiger partial charge in [0.1, 0.15) is 5.82 Å². The Bertz CT molecular complexity index is 574. The number of nitrogen functional groups attached to an aromatic ring is 1. The molecule has 0 saturated heterocycles. The molecule has 0 spiro atoms. The SMILES string of the molecule is Nc1ccc(-c2nnnn2C2CCCCC2)c(F)c1. The highest BCUT2D eigenvalue weighted by Gasteiger charge is 2.22. The number of benzene rings is 1. The van der Waals surface area contributed by atoms with Crippen LogP contribution >= 0.6 is 0 Å². The van der Waals surface area contributed by atoms with Crippen molar-refractivity contribution < 1.29 is 4.39 Å². The first-order chi connectivity index (χ1) is 9.25. The smallest absolute Gasteiger partial charge is 0.185 e. The highest BCUT2D eigenvalue weighted by atomic mass is 19.1. The third-order valence-electron chi connectivity index (χ3n) is 3.65. The number of aromatic nitrogens is 4. The van der Waals surface area contributed by atoms with Crippen LogP contribution in [0.3, 0.4) is 0 Å². The fourth-order valence-corrected chi connectivity index (χ4v) is 2.66. The Morgan fingerprint density at radius 1 is 1.21 bits per heavy atom. The number of anilines is 1. The average molecular weight is 261 g/mol. The van der Waals surface area contributed by atoms with Gasteiger partial charge in [-0.05, 0) is 41.5 Å². The summed E-state index contributed by atoms with van der Waals surface area (Å²) in [6.07, 6.45) is 5.70. The molecule has 0 bridgehead atoms. The van der Waals surface area contributed by atoms with Crippen molar-refractivity contribution in [1.29, 1.82) is 0 Å². The zero-order chi connectivity index (χ0) is 13.2. The molecule has 19 heavy (non-hydrogen) atoms. The normalized spacial score (nSPS) is 16.7. The lowest BCUT2D eigenvalue weighted by molar-refractivity contribution is 0.326. The molecule has 3 rings (SSSR count). The molecule has 1 aromatic carbocycles. The van der Waals surface area contributed by atoms with Crippen molar-refractivity contribution in [1.82, 2.24) is 20.2 Å². The van der Waals surface area contributed by atoms with Gasteiger partial charge in [-0.2, -0.15) is 0 Å². The van der Waals surface area contributed by atoms with E-state index in [1.165, 1.54) is 25.3 Å². The largest absolute Gasteiger partial charge is 0.399 e. The molecule has 1 aliphatic carbocycles. The average Bonchev–Trinajstić information content (AvgIpc) is 2.89. The monoisotopic (exact) mass is 261 g/mol. The van der Waals surface area contributed by atoms with Crippen LogP contribution in [0, 0.1) is 5.82 Å². The Morgan fingerprint density at radius 2 is 2.00 bits per heavy atom. The van der Waals surface area contributed by atoms with E-state index in [9.17, 15) is 4.39 Å². The molecule has 5 nitrogen and oxygen atoms in total. The van der Waals surface area contributed by atoms with Crippen molar-refractivity contribution in [3.8, 4) is 11.4 Å². The number of nitrogens with two attached hydrogens (primary N) is 1. The van der Waals surface area contributed by atoms with Gasteiger partial charge < -0.3 is 5.73 Å². The Hall–Kier alpha value is -1.98. The van der Waals surface area contributed by atoms with Crippen LogP contribution in [-0.2, 0) is 0 Å².